The molecule has 2 aliphatic heterocycles. The summed E-state index contributed by atoms with van der Waals surface area (Å²) in [6.07, 6.45) is 2.37. The zero-order chi connectivity index (χ0) is 15.8. The van der Waals surface area contributed by atoms with Crippen LogP contribution in [0.25, 0.3) is 0 Å². The number of fused-ring (bicyclic) bond motifs is 2. The summed E-state index contributed by atoms with van der Waals surface area (Å²) in [6, 6.07) is 15.0. The van der Waals surface area contributed by atoms with Crippen LogP contribution in [0.2, 0.25) is 5.02 Å². The van der Waals surface area contributed by atoms with Crippen LogP contribution in [-0.2, 0) is 6.42 Å². The molecule has 4 rings (SSSR count). The lowest BCUT2D eigenvalue weighted by Gasteiger charge is -2.32. The van der Waals surface area contributed by atoms with Crippen molar-refractivity contribution in [3.8, 4) is 0 Å². The number of anilines is 1. The van der Waals surface area contributed by atoms with Gasteiger partial charge < -0.3 is 5.32 Å². The molecule has 4 heteroatoms. The molecule has 23 heavy (non-hydrogen) atoms. The first-order valence-corrected chi connectivity index (χ1v) is 8.67. The van der Waals surface area contributed by atoms with Gasteiger partial charge in [0.05, 0.1) is 24.3 Å². The van der Waals surface area contributed by atoms with Gasteiger partial charge in [0.2, 0.25) is 0 Å². The van der Waals surface area contributed by atoms with Crippen LogP contribution in [0.15, 0.2) is 42.5 Å². The van der Waals surface area contributed by atoms with Gasteiger partial charge >= 0.3 is 0 Å². The number of nitrogens with zero attached hydrogens (tertiary/aromatic N) is 1. The molecule has 0 spiro atoms. The summed E-state index contributed by atoms with van der Waals surface area (Å²) in [4.78, 5) is 0. The van der Waals surface area contributed by atoms with Crippen molar-refractivity contribution in [2.75, 3.05) is 18.4 Å². The van der Waals surface area contributed by atoms with Crippen LogP contribution in [0.5, 0.6) is 0 Å². The monoisotopic (exact) mass is 326 g/mol. The summed E-state index contributed by atoms with van der Waals surface area (Å²) in [7, 11) is 0. The highest BCUT2D eigenvalue weighted by atomic mass is 35.5. The van der Waals surface area contributed by atoms with Crippen molar-refractivity contribution in [2.24, 2.45) is 0 Å². The van der Waals surface area contributed by atoms with Crippen molar-refractivity contribution in [1.82, 2.24) is 5.32 Å². The largest absolute Gasteiger partial charge is 0.343 e. The summed E-state index contributed by atoms with van der Waals surface area (Å²) in [5.41, 5.74) is 4.96. The third kappa shape index (κ3) is 2.59. The van der Waals surface area contributed by atoms with Crippen molar-refractivity contribution >= 4 is 23.1 Å². The van der Waals surface area contributed by atoms with Gasteiger partial charge in [-0.15, -0.1) is 0 Å². The minimum Gasteiger partial charge on any atom is -0.343 e. The molecule has 1 atom stereocenters. The van der Waals surface area contributed by atoms with Gasteiger partial charge in [0.15, 0.2) is 6.17 Å². The summed E-state index contributed by atoms with van der Waals surface area (Å²) < 4.78 is 2.43. The topological polar surface area (TPSA) is 27.1 Å². The Kier molecular flexibility index (Phi) is 3.74. The normalized spacial score (nSPS) is 19.5. The molecule has 0 aromatic heterocycles. The molecule has 118 valence electrons. The lowest BCUT2D eigenvalue weighted by atomic mass is 10.0. The number of hydrogen-bond donors (Lipinski definition) is 2. The molecule has 2 heterocycles. The minimum atomic E-state index is 0.148. The maximum atomic E-state index is 6.20. The van der Waals surface area contributed by atoms with Gasteiger partial charge in [0.25, 0.3) is 5.84 Å². The van der Waals surface area contributed by atoms with Crippen LogP contribution in [0.4, 0.5) is 5.69 Å². The third-order valence-corrected chi connectivity index (χ3v) is 4.93. The molecule has 0 unspecified atom stereocenters. The lowest BCUT2D eigenvalue weighted by Crippen LogP contribution is -2.47. The Morgan fingerprint density at radius 2 is 2.00 bits per heavy atom. The minimum absolute atomic E-state index is 0.148. The predicted molar refractivity (Wildman–Crippen MR) is 95.5 cm³/mol. The van der Waals surface area contributed by atoms with Crippen LogP contribution >= 0.6 is 11.6 Å². The van der Waals surface area contributed by atoms with Crippen molar-refractivity contribution in [2.45, 2.75) is 25.9 Å². The molecule has 0 saturated heterocycles. The average Bonchev–Trinajstić information content (AvgIpc) is 2.61. The van der Waals surface area contributed by atoms with E-state index in [9.17, 15) is 0 Å². The van der Waals surface area contributed by atoms with Crippen molar-refractivity contribution in [3.63, 3.8) is 0 Å². The zero-order valence-corrected chi connectivity index (χ0v) is 14.0. The molecular formula is C19H21ClN3+. The third-order valence-electron chi connectivity index (χ3n) is 4.70. The van der Waals surface area contributed by atoms with Gasteiger partial charge in [0, 0.05) is 17.0 Å². The second kappa shape index (κ2) is 5.89. The van der Waals surface area contributed by atoms with Crippen molar-refractivity contribution < 1.29 is 4.58 Å². The standard InChI is InChI=1S/C19H20ClN3/c1-2-13-4-6-14(7-5-13)18-22-17-12-15(20)8-9-16(17)19-21-10-3-11-23(18)19/h4-9,12,18H,2-3,10-11H2,1H3,(H,21,22)/p+1/t18-/m0/s1. The molecule has 0 amide bonds. The van der Waals surface area contributed by atoms with Crippen molar-refractivity contribution in [3.05, 3.63) is 64.2 Å². The first-order chi connectivity index (χ1) is 11.3. The first-order valence-electron chi connectivity index (χ1n) is 8.29. The molecule has 2 N–H and O–H groups in total. The number of rotatable bonds is 2. The quantitative estimate of drug-likeness (QED) is 0.822. The smallest absolute Gasteiger partial charge is 0.281 e. The number of benzene rings is 2. The predicted octanol–water partition coefficient (Wildman–Crippen LogP) is 3.78. The van der Waals surface area contributed by atoms with Gasteiger partial charge in [-0.1, -0.05) is 42.8 Å². The fourth-order valence-corrected chi connectivity index (χ4v) is 3.62. The Hall–Kier alpha value is -2.00. The maximum absolute atomic E-state index is 6.20. The molecule has 0 aliphatic carbocycles. The molecule has 2 aromatic rings. The van der Waals surface area contributed by atoms with E-state index in [2.05, 4.69) is 52.5 Å². The number of aryl methyl sites for hydroxylation is 1. The van der Waals surface area contributed by atoms with E-state index in [0.717, 1.165) is 36.6 Å². The average molecular weight is 327 g/mol. The van der Waals surface area contributed by atoms with E-state index in [1.54, 1.807) is 0 Å². The fourth-order valence-electron chi connectivity index (χ4n) is 3.44. The maximum Gasteiger partial charge on any atom is 0.281 e. The molecular weight excluding hydrogens is 306 g/mol. The SMILES string of the molecule is CCc1ccc([C@H]2Nc3cc(Cl)ccc3C3=[N+]2CCCN3)cc1. The van der Waals surface area contributed by atoms with Crippen molar-refractivity contribution in [1.29, 1.82) is 0 Å². The van der Waals surface area contributed by atoms with E-state index in [-0.39, 0.29) is 6.17 Å². The van der Waals surface area contributed by atoms with E-state index >= 15 is 0 Å². The number of halogens is 1. The summed E-state index contributed by atoms with van der Waals surface area (Å²) in [5.74, 6) is 1.21. The van der Waals surface area contributed by atoms with Crippen LogP contribution in [-0.4, -0.2) is 23.5 Å². The lowest BCUT2D eigenvalue weighted by molar-refractivity contribution is -0.572. The summed E-state index contributed by atoms with van der Waals surface area (Å²) >= 11 is 6.20. The van der Waals surface area contributed by atoms with Gasteiger partial charge in [0.1, 0.15) is 0 Å². The number of nitrogens with one attached hydrogen (secondary N) is 2. The highest BCUT2D eigenvalue weighted by molar-refractivity contribution is 6.31. The van der Waals surface area contributed by atoms with Gasteiger partial charge in [-0.2, -0.15) is 0 Å². The summed E-state index contributed by atoms with van der Waals surface area (Å²) in [6.45, 7) is 4.26. The van der Waals surface area contributed by atoms with E-state index in [4.69, 9.17) is 11.6 Å². The Morgan fingerprint density at radius 1 is 1.17 bits per heavy atom. The molecule has 0 radical (unpaired) electrons. The molecule has 0 fully saturated rings. The second-order valence-electron chi connectivity index (χ2n) is 6.15. The molecule has 0 bridgehead atoms. The van der Waals surface area contributed by atoms with Crippen LogP contribution < -0.4 is 10.6 Å². The fraction of sp³-hybridized carbons (Fsp3) is 0.316. The highest BCUT2D eigenvalue weighted by Crippen LogP contribution is 2.32. The van der Waals surface area contributed by atoms with E-state index < -0.39 is 0 Å². The van der Waals surface area contributed by atoms with Gasteiger partial charge in [-0.05, 0) is 30.2 Å². The molecule has 2 aliphatic rings. The Morgan fingerprint density at radius 3 is 2.78 bits per heavy atom. The highest BCUT2D eigenvalue weighted by Gasteiger charge is 2.34. The Labute approximate surface area is 142 Å². The Bertz CT molecular complexity index is 765. The molecule has 2 aromatic carbocycles. The number of amidine groups is 1. The second-order valence-corrected chi connectivity index (χ2v) is 6.59. The molecule has 0 saturated carbocycles. The van der Waals surface area contributed by atoms with E-state index in [1.807, 2.05) is 12.1 Å². The zero-order valence-electron chi connectivity index (χ0n) is 13.3. The van der Waals surface area contributed by atoms with E-state index in [0.29, 0.717) is 0 Å². The van der Waals surface area contributed by atoms with Crippen LogP contribution in [0.1, 0.15) is 36.2 Å². The Balaban J connectivity index is 1.81. The molecule has 3 nitrogen and oxygen atoms in total. The van der Waals surface area contributed by atoms with Gasteiger partial charge in [-0.3, -0.25) is 5.32 Å². The summed E-state index contributed by atoms with van der Waals surface area (Å²) in [5, 5.41) is 8.01. The van der Waals surface area contributed by atoms with E-state index in [1.165, 1.54) is 22.5 Å². The number of hydrogen-bond acceptors (Lipinski definition) is 2. The van der Waals surface area contributed by atoms with Gasteiger partial charge in [-0.25, -0.2) is 4.58 Å². The first kappa shape index (κ1) is 14.6. The van der Waals surface area contributed by atoms with Crippen LogP contribution in [0.3, 0.4) is 0 Å². The van der Waals surface area contributed by atoms with Crippen LogP contribution in [0, 0.1) is 0 Å².